The number of carbonyl (C=O) groups excluding carboxylic acids is 1. The van der Waals surface area contributed by atoms with Gasteiger partial charge in [-0.15, -0.1) is 0 Å². The highest BCUT2D eigenvalue weighted by atomic mass is 19.4. The van der Waals surface area contributed by atoms with Gasteiger partial charge in [0.15, 0.2) is 0 Å². The Morgan fingerprint density at radius 2 is 1.74 bits per heavy atom. The summed E-state index contributed by atoms with van der Waals surface area (Å²) in [5.41, 5.74) is -0.681. The molecule has 0 unspecified atom stereocenters. The van der Waals surface area contributed by atoms with Crippen molar-refractivity contribution >= 4 is 11.6 Å². The molecule has 2 aromatic carbocycles. The van der Waals surface area contributed by atoms with Crippen LogP contribution in [-0.2, 0) is 11.0 Å². The molecule has 23 heavy (non-hydrogen) atoms. The minimum absolute atomic E-state index is 0.0316. The molecule has 2 rings (SSSR count). The number of hydrogen-bond donors (Lipinski definition) is 1. The zero-order valence-electron chi connectivity index (χ0n) is 11.7. The topological polar surface area (TPSA) is 38.3 Å². The molecule has 0 bridgehead atoms. The maximum atomic E-state index is 13.5. The summed E-state index contributed by atoms with van der Waals surface area (Å²) in [6.45, 7) is 3.27. The van der Waals surface area contributed by atoms with E-state index in [1.807, 2.05) is 0 Å². The lowest BCUT2D eigenvalue weighted by atomic mass is 10.2. The summed E-state index contributed by atoms with van der Waals surface area (Å²) in [5.74, 6) is -1.07. The molecule has 7 heteroatoms. The number of anilines is 1. The van der Waals surface area contributed by atoms with E-state index >= 15 is 0 Å². The third-order valence-corrected chi connectivity index (χ3v) is 2.74. The van der Waals surface area contributed by atoms with Crippen molar-refractivity contribution in [2.75, 3.05) is 5.32 Å². The van der Waals surface area contributed by atoms with Crippen molar-refractivity contribution in [3.8, 4) is 11.5 Å². The Balaban J connectivity index is 2.19. The van der Waals surface area contributed by atoms with Gasteiger partial charge in [-0.05, 0) is 36.4 Å². The van der Waals surface area contributed by atoms with E-state index < -0.39 is 23.5 Å². The summed E-state index contributed by atoms with van der Waals surface area (Å²) in [6, 6.07) is 7.40. The molecule has 0 aromatic heterocycles. The van der Waals surface area contributed by atoms with Gasteiger partial charge in [0.25, 0.3) is 0 Å². The summed E-state index contributed by atoms with van der Waals surface area (Å²) in [5, 5.41) is 2.36. The van der Waals surface area contributed by atoms with Gasteiger partial charge < -0.3 is 10.1 Å². The van der Waals surface area contributed by atoms with E-state index in [4.69, 9.17) is 4.74 Å². The highest BCUT2D eigenvalue weighted by Gasteiger charge is 2.30. The van der Waals surface area contributed by atoms with Gasteiger partial charge in [-0.2, -0.15) is 13.2 Å². The van der Waals surface area contributed by atoms with Crippen LogP contribution < -0.4 is 10.1 Å². The van der Waals surface area contributed by atoms with Gasteiger partial charge in [0.2, 0.25) is 5.91 Å². The third kappa shape index (κ3) is 4.57. The van der Waals surface area contributed by atoms with Crippen LogP contribution in [0.25, 0.3) is 0 Å². The summed E-state index contributed by atoms with van der Waals surface area (Å²) in [4.78, 5) is 11.2. The lowest BCUT2D eigenvalue weighted by Crippen LogP contribution is -2.07. The molecule has 0 aliphatic heterocycles. The van der Waals surface area contributed by atoms with Crippen LogP contribution in [0.3, 0.4) is 0 Å². The Morgan fingerprint density at radius 3 is 2.30 bits per heavy atom. The normalized spacial score (nSPS) is 11.0. The first kappa shape index (κ1) is 16.5. The molecule has 0 aliphatic rings. The SMILES string of the molecule is C=CC(=O)Nc1cc(F)cc(Oc2ccc(C(F)(F)F)cc2)c1. The van der Waals surface area contributed by atoms with Gasteiger partial charge >= 0.3 is 6.18 Å². The maximum absolute atomic E-state index is 13.5. The number of nitrogens with one attached hydrogen (secondary N) is 1. The number of amides is 1. The molecule has 120 valence electrons. The van der Waals surface area contributed by atoms with Crippen molar-refractivity contribution in [3.63, 3.8) is 0 Å². The third-order valence-electron chi connectivity index (χ3n) is 2.74. The predicted octanol–water partition coefficient (Wildman–Crippen LogP) is 4.76. The molecular weight excluding hydrogens is 314 g/mol. The predicted molar refractivity (Wildman–Crippen MR) is 76.7 cm³/mol. The number of benzene rings is 2. The summed E-state index contributed by atoms with van der Waals surface area (Å²) in [7, 11) is 0. The van der Waals surface area contributed by atoms with E-state index in [9.17, 15) is 22.4 Å². The van der Waals surface area contributed by atoms with Crippen molar-refractivity contribution in [1.29, 1.82) is 0 Å². The summed E-state index contributed by atoms with van der Waals surface area (Å²) < 4.78 is 56.2. The molecular formula is C16H11F4NO2. The van der Waals surface area contributed by atoms with Crippen molar-refractivity contribution < 1.29 is 27.1 Å². The second-order valence-electron chi connectivity index (χ2n) is 4.49. The van der Waals surface area contributed by atoms with Crippen LogP contribution in [0.2, 0.25) is 0 Å². The molecule has 2 aromatic rings. The van der Waals surface area contributed by atoms with Crippen LogP contribution in [0.4, 0.5) is 23.2 Å². The fourth-order valence-corrected chi connectivity index (χ4v) is 1.74. The number of carbonyl (C=O) groups is 1. The Labute approximate surface area is 129 Å². The van der Waals surface area contributed by atoms with Crippen LogP contribution in [0.1, 0.15) is 5.56 Å². The van der Waals surface area contributed by atoms with Crippen LogP contribution in [0, 0.1) is 5.82 Å². The van der Waals surface area contributed by atoms with Crippen LogP contribution in [0.15, 0.2) is 55.1 Å². The number of alkyl halides is 3. The van der Waals surface area contributed by atoms with E-state index in [1.165, 1.54) is 6.07 Å². The molecule has 0 atom stereocenters. The first-order valence-corrected chi connectivity index (χ1v) is 6.37. The molecule has 3 nitrogen and oxygen atoms in total. The minimum Gasteiger partial charge on any atom is -0.457 e. The number of hydrogen-bond acceptors (Lipinski definition) is 2. The first-order valence-electron chi connectivity index (χ1n) is 6.37. The molecule has 0 heterocycles. The average molecular weight is 325 g/mol. The molecule has 0 radical (unpaired) electrons. The smallest absolute Gasteiger partial charge is 0.416 e. The monoisotopic (exact) mass is 325 g/mol. The Kier molecular flexibility index (Phi) is 4.68. The lowest BCUT2D eigenvalue weighted by molar-refractivity contribution is -0.137. The molecule has 0 spiro atoms. The summed E-state index contributed by atoms with van der Waals surface area (Å²) >= 11 is 0. The quantitative estimate of drug-likeness (QED) is 0.650. The second-order valence-corrected chi connectivity index (χ2v) is 4.49. The van der Waals surface area contributed by atoms with E-state index in [1.54, 1.807) is 0 Å². The first-order chi connectivity index (χ1) is 10.8. The van der Waals surface area contributed by atoms with Gasteiger partial charge in [0.05, 0.1) is 5.56 Å². The largest absolute Gasteiger partial charge is 0.457 e. The van der Waals surface area contributed by atoms with E-state index in [0.717, 1.165) is 42.5 Å². The number of rotatable bonds is 4. The fourth-order valence-electron chi connectivity index (χ4n) is 1.74. The number of ether oxygens (including phenoxy) is 1. The van der Waals surface area contributed by atoms with Gasteiger partial charge in [-0.3, -0.25) is 4.79 Å². The molecule has 0 aliphatic carbocycles. The van der Waals surface area contributed by atoms with Crippen molar-refractivity contribution in [2.24, 2.45) is 0 Å². The minimum atomic E-state index is -4.44. The van der Waals surface area contributed by atoms with Gasteiger partial charge in [-0.25, -0.2) is 4.39 Å². The van der Waals surface area contributed by atoms with Crippen LogP contribution >= 0.6 is 0 Å². The Morgan fingerprint density at radius 1 is 1.09 bits per heavy atom. The molecule has 0 saturated heterocycles. The summed E-state index contributed by atoms with van der Waals surface area (Å²) in [6.07, 6.45) is -3.43. The Bertz CT molecular complexity index is 724. The molecule has 0 fully saturated rings. The van der Waals surface area contributed by atoms with Gasteiger partial charge in [0, 0.05) is 17.8 Å². The average Bonchev–Trinajstić information content (AvgIpc) is 2.46. The zero-order valence-corrected chi connectivity index (χ0v) is 11.7. The lowest BCUT2D eigenvalue weighted by Gasteiger charge is -2.10. The van der Waals surface area contributed by atoms with Crippen LogP contribution in [0.5, 0.6) is 11.5 Å². The fraction of sp³-hybridized carbons (Fsp3) is 0.0625. The number of halogens is 4. The second kappa shape index (κ2) is 6.51. The van der Waals surface area contributed by atoms with E-state index in [2.05, 4.69) is 11.9 Å². The van der Waals surface area contributed by atoms with Crippen molar-refractivity contribution in [2.45, 2.75) is 6.18 Å². The van der Waals surface area contributed by atoms with Crippen LogP contribution in [-0.4, -0.2) is 5.91 Å². The highest BCUT2D eigenvalue weighted by molar-refractivity contribution is 5.98. The molecule has 1 amide bonds. The van der Waals surface area contributed by atoms with Gasteiger partial charge in [-0.1, -0.05) is 6.58 Å². The van der Waals surface area contributed by atoms with E-state index in [0.29, 0.717) is 0 Å². The molecule has 1 N–H and O–H groups in total. The maximum Gasteiger partial charge on any atom is 0.416 e. The Hall–Kier alpha value is -2.83. The standard InChI is InChI=1S/C16H11F4NO2/c1-2-15(22)21-12-7-11(17)8-14(9-12)23-13-5-3-10(4-6-13)16(18,19)20/h2-9H,1H2,(H,21,22). The molecule has 0 saturated carbocycles. The van der Waals surface area contributed by atoms with E-state index in [-0.39, 0.29) is 17.2 Å². The van der Waals surface area contributed by atoms with Crippen molar-refractivity contribution in [1.82, 2.24) is 0 Å². The highest BCUT2D eigenvalue weighted by Crippen LogP contribution is 2.32. The zero-order chi connectivity index (χ0) is 17.0. The van der Waals surface area contributed by atoms with Crippen molar-refractivity contribution in [3.05, 3.63) is 66.5 Å². The van der Waals surface area contributed by atoms with Gasteiger partial charge in [0.1, 0.15) is 17.3 Å².